The monoisotopic (exact) mass is 450 g/mol. The van der Waals surface area contributed by atoms with Crippen LogP contribution in [-0.2, 0) is 7.61 Å². The van der Waals surface area contributed by atoms with Crippen LogP contribution in [0.3, 0.4) is 0 Å². The van der Waals surface area contributed by atoms with Crippen LogP contribution in [0.4, 0.5) is 0 Å². The predicted octanol–water partition coefficient (Wildman–Crippen LogP) is 1.99. The van der Waals surface area contributed by atoms with E-state index in [1.54, 1.807) is 0 Å². The SMILES string of the molecule is CC(C)C(=O)[O][Bi]([c]1ccccc1)[c]1ccccc1. The third-order valence-corrected chi connectivity index (χ3v) is 10.0. The van der Waals surface area contributed by atoms with Gasteiger partial charge in [-0.1, -0.05) is 0 Å². The molecule has 0 unspecified atom stereocenters. The second kappa shape index (κ2) is 6.81. The Morgan fingerprint density at radius 1 is 0.895 bits per heavy atom. The first-order valence-electron chi connectivity index (χ1n) is 6.30. The molecule has 0 bridgehead atoms. The van der Waals surface area contributed by atoms with Crippen LogP contribution in [0.5, 0.6) is 0 Å². The first kappa shape index (κ1) is 14.2. The van der Waals surface area contributed by atoms with Gasteiger partial charge in [-0.3, -0.25) is 0 Å². The average Bonchev–Trinajstić information content (AvgIpc) is 2.46. The van der Waals surface area contributed by atoms with Crippen LogP contribution in [0.15, 0.2) is 60.7 Å². The summed E-state index contributed by atoms with van der Waals surface area (Å²) >= 11 is -2.65. The van der Waals surface area contributed by atoms with Crippen LogP contribution in [0, 0.1) is 5.92 Å². The molecule has 0 atom stereocenters. The molecule has 2 aromatic rings. The third-order valence-electron chi connectivity index (χ3n) is 2.63. The van der Waals surface area contributed by atoms with Crippen LogP contribution >= 0.6 is 0 Å². The molecule has 0 heterocycles. The van der Waals surface area contributed by atoms with Gasteiger partial charge in [0.15, 0.2) is 0 Å². The van der Waals surface area contributed by atoms with E-state index >= 15 is 0 Å². The Hall–Kier alpha value is -1.21. The molecule has 3 heteroatoms. The summed E-state index contributed by atoms with van der Waals surface area (Å²) in [5.74, 6) is -0.171. The molecule has 2 rings (SSSR count). The van der Waals surface area contributed by atoms with Crippen molar-refractivity contribution in [3.63, 3.8) is 0 Å². The van der Waals surface area contributed by atoms with Gasteiger partial charge in [0.1, 0.15) is 0 Å². The maximum atomic E-state index is 11.9. The summed E-state index contributed by atoms with van der Waals surface area (Å²) in [4.78, 5) is 11.9. The van der Waals surface area contributed by atoms with Crippen molar-refractivity contribution in [2.75, 3.05) is 0 Å². The van der Waals surface area contributed by atoms with Crippen molar-refractivity contribution in [1.82, 2.24) is 0 Å². The fraction of sp³-hybridized carbons (Fsp3) is 0.188. The second-order valence-corrected chi connectivity index (χ2v) is 11.5. The van der Waals surface area contributed by atoms with Gasteiger partial charge in [-0.05, 0) is 0 Å². The van der Waals surface area contributed by atoms with Crippen LogP contribution in [0.1, 0.15) is 13.8 Å². The molecule has 98 valence electrons. The Kier molecular flexibility index (Phi) is 5.10. The fourth-order valence-corrected chi connectivity index (χ4v) is 8.52. The standard InChI is InChI=1S/2C6H5.C4H8O2.Bi/c2*1-2-4-6-5-3-1;1-3(2)4(5)6;/h2*1-5H;3H,1-2H3,(H,5,6);/q;;;+1/p-1. The van der Waals surface area contributed by atoms with Gasteiger partial charge in [0, 0.05) is 0 Å². The molecule has 19 heavy (non-hydrogen) atoms. The maximum absolute atomic E-state index is 11.9. The number of benzene rings is 2. The van der Waals surface area contributed by atoms with E-state index < -0.39 is 22.2 Å². The summed E-state index contributed by atoms with van der Waals surface area (Å²) in [7, 11) is 0. The molecule has 0 amide bonds. The number of carbonyl (C=O) groups excluding carboxylic acids is 1. The van der Waals surface area contributed by atoms with Gasteiger partial charge in [-0.2, -0.15) is 0 Å². The van der Waals surface area contributed by atoms with E-state index in [4.69, 9.17) is 2.81 Å². The van der Waals surface area contributed by atoms with Crippen LogP contribution in [0.2, 0.25) is 0 Å². The number of hydrogen-bond acceptors (Lipinski definition) is 2. The van der Waals surface area contributed by atoms with E-state index in [1.807, 2.05) is 50.2 Å². The van der Waals surface area contributed by atoms with E-state index in [0.29, 0.717) is 0 Å². The van der Waals surface area contributed by atoms with E-state index in [2.05, 4.69) is 24.3 Å². The van der Waals surface area contributed by atoms with Gasteiger partial charge >= 0.3 is 123 Å². The molecule has 0 saturated heterocycles. The third kappa shape index (κ3) is 3.88. The minimum absolute atomic E-state index is 0.0788. The van der Waals surface area contributed by atoms with Gasteiger partial charge in [-0.15, -0.1) is 0 Å². The first-order valence-corrected chi connectivity index (χ1v) is 11.2. The Labute approximate surface area is 122 Å². The number of carbonyl (C=O) groups is 1. The zero-order valence-corrected chi connectivity index (χ0v) is 14.6. The van der Waals surface area contributed by atoms with Gasteiger partial charge in [0.2, 0.25) is 0 Å². The topological polar surface area (TPSA) is 26.3 Å². The van der Waals surface area contributed by atoms with E-state index in [-0.39, 0.29) is 11.9 Å². The molecule has 0 aliphatic rings. The molecular formula is C16H17BiO2. The zero-order valence-electron chi connectivity index (χ0n) is 11.1. The molecule has 0 aromatic heterocycles. The van der Waals surface area contributed by atoms with Crippen molar-refractivity contribution < 1.29 is 7.61 Å². The van der Waals surface area contributed by atoms with Crippen molar-refractivity contribution >= 4 is 34.7 Å². The van der Waals surface area contributed by atoms with Crippen molar-refractivity contribution in [2.45, 2.75) is 13.8 Å². The quantitative estimate of drug-likeness (QED) is 0.667. The molecule has 2 aromatic carbocycles. The second-order valence-electron chi connectivity index (χ2n) is 4.53. The van der Waals surface area contributed by atoms with E-state index in [0.717, 1.165) is 0 Å². The summed E-state index contributed by atoms with van der Waals surface area (Å²) in [6.45, 7) is 3.75. The molecule has 0 fully saturated rings. The van der Waals surface area contributed by atoms with Gasteiger partial charge in [-0.25, -0.2) is 0 Å². The Bertz CT molecular complexity index is 483. The first-order chi connectivity index (χ1) is 9.18. The van der Waals surface area contributed by atoms with Crippen LogP contribution < -0.4 is 6.54 Å². The van der Waals surface area contributed by atoms with E-state index in [1.165, 1.54) is 6.54 Å². The van der Waals surface area contributed by atoms with Crippen molar-refractivity contribution in [2.24, 2.45) is 5.92 Å². The minimum atomic E-state index is -2.65. The Morgan fingerprint density at radius 2 is 1.32 bits per heavy atom. The van der Waals surface area contributed by atoms with Crippen molar-refractivity contribution in [3.8, 4) is 0 Å². The van der Waals surface area contributed by atoms with Crippen LogP contribution in [0.25, 0.3) is 0 Å². The number of hydrogen-bond donors (Lipinski definition) is 0. The molecule has 0 aliphatic carbocycles. The van der Waals surface area contributed by atoms with Gasteiger partial charge in [0.25, 0.3) is 0 Å². The zero-order chi connectivity index (χ0) is 13.7. The number of rotatable bonds is 4. The average molecular weight is 450 g/mol. The Balaban J connectivity index is 2.32. The summed E-state index contributed by atoms with van der Waals surface area (Å²) in [6, 6.07) is 20.3. The summed E-state index contributed by atoms with van der Waals surface area (Å²) in [5, 5.41) is 0. The molecule has 0 saturated carbocycles. The molecule has 0 aliphatic heterocycles. The van der Waals surface area contributed by atoms with E-state index in [9.17, 15) is 4.79 Å². The molecule has 0 N–H and O–H groups in total. The molecular weight excluding hydrogens is 433 g/mol. The van der Waals surface area contributed by atoms with Gasteiger partial charge in [0.05, 0.1) is 0 Å². The fourth-order valence-electron chi connectivity index (χ4n) is 1.58. The summed E-state index contributed by atoms with van der Waals surface area (Å²) in [6.07, 6.45) is 0. The molecule has 2 nitrogen and oxygen atoms in total. The normalized spacial score (nSPS) is 10.7. The summed E-state index contributed by atoms with van der Waals surface area (Å²) in [5.41, 5.74) is 0. The van der Waals surface area contributed by atoms with Crippen molar-refractivity contribution in [1.29, 1.82) is 0 Å². The van der Waals surface area contributed by atoms with Crippen LogP contribution in [-0.4, -0.2) is 28.2 Å². The van der Waals surface area contributed by atoms with Crippen molar-refractivity contribution in [3.05, 3.63) is 60.7 Å². The summed E-state index contributed by atoms with van der Waals surface area (Å²) < 4.78 is 8.23. The Morgan fingerprint density at radius 3 is 1.68 bits per heavy atom. The van der Waals surface area contributed by atoms with Gasteiger partial charge < -0.3 is 0 Å². The molecule has 0 spiro atoms. The predicted molar refractivity (Wildman–Crippen MR) is 78.8 cm³/mol. The molecule has 0 radical (unpaired) electrons.